The molecule has 1 aliphatic carbocycles. The molecule has 5 rings (SSSR count). The van der Waals surface area contributed by atoms with Crippen molar-refractivity contribution in [2.24, 2.45) is 0 Å². The lowest BCUT2D eigenvalue weighted by Crippen LogP contribution is -2.41. The van der Waals surface area contributed by atoms with E-state index in [0.717, 1.165) is 48.2 Å². The third kappa shape index (κ3) is 6.01. The topological polar surface area (TPSA) is 62.7 Å². The summed E-state index contributed by atoms with van der Waals surface area (Å²) >= 11 is 0. The van der Waals surface area contributed by atoms with E-state index in [2.05, 4.69) is 52.3 Å². The fourth-order valence-electron chi connectivity index (χ4n) is 5.31. The Hall–Kier alpha value is -3.80. The average molecular weight is 507 g/mol. The monoisotopic (exact) mass is 506 g/mol. The number of carbonyl (C=O) groups is 1. The Bertz CT molecular complexity index is 1370. The van der Waals surface area contributed by atoms with Gasteiger partial charge >= 0.3 is 5.97 Å². The van der Waals surface area contributed by atoms with Crippen LogP contribution in [-0.2, 0) is 24.1 Å². The zero-order chi connectivity index (χ0) is 26.5. The molecule has 0 fully saturated rings. The lowest BCUT2D eigenvalue weighted by atomic mass is 9.85. The normalized spacial score (nSPS) is 15.6. The highest BCUT2D eigenvalue weighted by Crippen LogP contribution is 2.31. The molecule has 5 nitrogen and oxygen atoms in total. The molecule has 0 unspecified atom stereocenters. The van der Waals surface area contributed by atoms with Crippen molar-refractivity contribution in [3.8, 4) is 11.1 Å². The minimum atomic E-state index is -0.604. The van der Waals surface area contributed by atoms with Crippen molar-refractivity contribution < 1.29 is 14.6 Å². The molecule has 1 aliphatic rings. The van der Waals surface area contributed by atoms with Gasteiger partial charge in [0.15, 0.2) is 0 Å². The quantitative estimate of drug-likeness (QED) is 0.300. The molecule has 38 heavy (non-hydrogen) atoms. The van der Waals surface area contributed by atoms with E-state index in [-0.39, 0.29) is 5.97 Å². The molecular formula is C33H34N2O3. The van der Waals surface area contributed by atoms with Gasteiger partial charge in [-0.2, -0.15) is 0 Å². The van der Waals surface area contributed by atoms with Gasteiger partial charge in [0.1, 0.15) is 0 Å². The molecule has 4 aromatic rings. The number of hydrogen-bond acceptors (Lipinski definition) is 5. The highest BCUT2D eigenvalue weighted by molar-refractivity contribution is 5.90. The van der Waals surface area contributed by atoms with E-state index in [1.165, 1.54) is 23.8 Å². The number of benzene rings is 3. The fraction of sp³-hybridized carbons (Fsp3) is 0.273. The van der Waals surface area contributed by atoms with Crippen LogP contribution in [0.3, 0.4) is 0 Å². The standard InChI is InChI=1S/C33H34N2O3/c1-23-8-9-29(20-34-23)32(36)22-35(21-24-6-4-3-5-7-24)31-17-16-26-12-15-28(18-30(26)19-31)25-10-13-27(14-11-25)33(37)38-2/h3-15,18,20,31-32,36H,16-17,19,21-22H2,1-2H3/t31-,32+/m0/s1. The van der Waals surface area contributed by atoms with Crippen molar-refractivity contribution in [2.75, 3.05) is 13.7 Å². The maximum absolute atomic E-state index is 11.8. The molecule has 194 valence electrons. The Balaban J connectivity index is 1.37. The Labute approximate surface area is 224 Å². The van der Waals surface area contributed by atoms with Gasteiger partial charge in [0.25, 0.3) is 0 Å². The molecule has 0 saturated carbocycles. The van der Waals surface area contributed by atoms with Crippen molar-refractivity contribution in [3.63, 3.8) is 0 Å². The molecule has 1 aromatic heterocycles. The van der Waals surface area contributed by atoms with Gasteiger partial charge < -0.3 is 9.84 Å². The summed E-state index contributed by atoms with van der Waals surface area (Å²) in [5, 5.41) is 11.1. The molecule has 0 amide bonds. The van der Waals surface area contributed by atoms with E-state index in [4.69, 9.17) is 4.74 Å². The van der Waals surface area contributed by atoms with Crippen LogP contribution in [0.25, 0.3) is 11.1 Å². The number of fused-ring (bicyclic) bond motifs is 1. The minimum absolute atomic E-state index is 0.313. The van der Waals surface area contributed by atoms with E-state index in [0.29, 0.717) is 18.2 Å². The summed E-state index contributed by atoms with van der Waals surface area (Å²) in [6.07, 6.45) is 4.16. The molecular weight excluding hydrogens is 472 g/mol. The van der Waals surface area contributed by atoms with Crippen LogP contribution < -0.4 is 0 Å². The highest BCUT2D eigenvalue weighted by Gasteiger charge is 2.27. The van der Waals surface area contributed by atoms with E-state index in [1.54, 1.807) is 6.20 Å². The first-order valence-corrected chi connectivity index (χ1v) is 13.2. The molecule has 0 saturated heterocycles. The first-order chi connectivity index (χ1) is 18.5. The Morgan fingerprint density at radius 3 is 2.47 bits per heavy atom. The summed E-state index contributed by atoms with van der Waals surface area (Å²) in [7, 11) is 1.40. The second-order valence-electron chi connectivity index (χ2n) is 10.1. The van der Waals surface area contributed by atoms with Gasteiger partial charge in [0.05, 0.1) is 18.8 Å². The number of hydrogen-bond donors (Lipinski definition) is 1. The lowest BCUT2D eigenvalue weighted by molar-refractivity contribution is 0.0600. The van der Waals surface area contributed by atoms with Crippen LogP contribution in [0.5, 0.6) is 0 Å². The summed E-state index contributed by atoms with van der Waals surface area (Å²) in [6, 6.07) is 29.0. The summed E-state index contributed by atoms with van der Waals surface area (Å²) in [5.74, 6) is -0.327. The predicted molar refractivity (Wildman–Crippen MR) is 150 cm³/mol. The molecule has 3 aromatic carbocycles. The molecule has 0 bridgehead atoms. The van der Waals surface area contributed by atoms with Gasteiger partial charge in [-0.15, -0.1) is 0 Å². The average Bonchev–Trinajstić information content (AvgIpc) is 2.96. The zero-order valence-electron chi connectivity index (χ0n) is 22.0. The largest absolute Gasteiger partial charge is 0.465 e. The summed E-state index contributed by atoms with van der Waals surface area (Å²) in [4.78, 5) is 18.6. The van der Waals surface area contributed by atoms with Gasteiger partial charge in [-0.1, -0.05) is 66.7 Å². The third-order valence-electron chi connectivity index (χ3n) is 7.52. The van der Waals surface area contributed by atoms with Gasteiger partial charge in [-0.3, -0.25) is 9.88 Å². The summed E-state index contributed by atoms with van der Waals surface area (Å²) in [6.45, 7) is 3.29. The van der Waals surface area contributed by atoms with Crippen LogP contribution in [-0.4, -0.2) is 40.7 Å². The van der Waals surface area contributed by atoms with Gasteiger partial charge in [0.2, 0.25) is 0 Å². The number of methoxy groups -OCH3 is 1. The lowest BCUT2D eigenvalue weighted by Gasteiger charge is -2.36. The zero-order valence-corrected chi connectivity index (χ0v) is 22.0. The van der Waals surface area contributed by atoms with Crippen molar-refractivity contribution in [3.05, 3.63) is 125 Å². The van der Waals surface area contributed by atoms with Crippen LogP contribution in [0.1, 0.15) is 50.8 Å². The number of aliphatic hydroxyl groups excluding tert-OH is 1. The van der Waals surface area contributed by atoms with Gasteiger partial charge in [0, 0.05) is 36.6 Å². The Morgan fingerprint density at radius 1 is 1.00 bits per heavy atom. The summed E-state index contributed by atoms with van der Waals surface area (Å²) < 4.78 is 4.83. The SMILES string of the molecule is COC(=O)c1ccc(-c2ccc3c(c2)C[C@@H](N(Cc2ccccc2)C[C@@H](O)c2ccc(C)nc2)CC3)cc1. The molecule has 1 heterocycles. The van der Waals surface area contributed by atoms with E-state index < -0.39 is 6.10 Å². The third-order valence-corrected chi connectivity index (χ3v) is 7.52. The number of rotatable bonds is 8. The molecule has 5 heteroatoms. The molecule has 1 N–H and O–H groups in total. The summed E-state index contributed by atoms with van der Waals surface area (Å²) in [5.41, 5.74) is 8.54. The van der Waals surface area contributed by atoms with Crippen LogP contribution in [0.2, 0.25) is 0 Å². The van der Waals surface area contributed by atoms with Crippen LogP contribution in [0.4, 0.5) is 0 Å². The van der Waals surface area contributed by atoms with Crippen LogP contribution in [0.15, 0.2) is 91.1 Å². The Kier molecular flexibility index (Phi) is 7.97. The number of esters is 1. The van der Waals surface area contributed by atoms with Crippen molar-refractivity contribution >= 4 is 5.97 Å². The van der Waals surface area contributed by atoms with Crippen LogP contribution >= 0.6 is 0 Å². The molecule has 2 atom stereocenters. The highest BCUT2D eigenvalue weighted by atomic mass is 16.5. The number of ether oxygens (including phenoxy) is 1. The van der Waals surface area contributed by atoms with E-state index in [1.807, 2.05) is 49.4 Å². The second-order valence-corrected chi connectivity index (χ2v) is 10.1. The number of nitrogens with zero attached hydrogens (tertiary/aromatic N) is 2. The maximum atomic E-state index is 11.8. The smallest absolute Gasteiger partial charge is 0.337 e. The van der Waals surface area contributed by atoms with Crippen molar-refractivity contribution in [2.45, 2.75) is 44.9 Å². The molecule has 0 aliphatic heterocycles. The predicted octanol–water partition coefficient (Wildman–Crippen LogP) is 5.94. The number of pyridine rings is 1. The van der Waals surface area contributed by atoms with Crippen molar-refractivity contribution in [1.82, 2.24) is 9.88 Å². The number of aliphatic hydroxyl groups is 1. The number of carbonyl (C=O) groups excluding carboxylic acids is 1. The molecule has 0 spiro atoms. The van der Waals surface area contributed by atoms with E-state index >= 15 is 0 Å². The van der Waals surface area contributed by atoms with Crippen molar-refractivity contribution in [1.29, 1.82) is 0 Å². The van der Waals surface area contributed by atoms with E-state index in [9.17, 15) is 9.90 Å². The van der Waals surface area contributed by atoms with Gasteiger partial charge in [-0.05, 0) is 72.2 Å². The first kappa shape index (κ1) is 25.8. The van der Waals surface area contributed by atoms with Crippen LogP contribution in [0, 0.1) is 6.92 Å². The maximum Gasteiger partial charge on any atom is 0.337 e. The minimum Gasteiger partial charge on any atom is -0.465 e. The molecule has 0 radical (unpaired) electrons. The first-order valence-electron chi connectivity index (χ1n) is 13.2. The Morgan fingerprint density at radius 2 is 1.76 bits per heavy atom. The number of aryl methyl sites for hydroxylation is 2. The van der Waals surface area contributed by atoms with Gasteiger partial charge in [-0.25, -0.2) is 4.79 Å². The second kappa shape index (κ2) is 11.7. The fourth-order valence-corrected chi connectivity index (χ4v) is 5.31. The number of aromatic nitrogens is 1.